The quantitative estimate of drug-likeness (QED) is 0.496. The summed E-state index contributed by atoms with van der Waals surface area (Å²) < 4.78 is 5.51. The van der Waals surface area contributed by atoms with Gasteiger partial charge in [-0.1, -0.05) is 85.2 Å². The molecule has 0 saturated heterocycles. The Morgan fingerprint density at radius 1 is 0.964 bits per heavy atom. The van der Waals surface area contributed by atoms with Gasteiger partial charge in [-0.2, -0.15) is 0 Å². The minimum atomic E-state index is -0.400. The summed E-state index contributed by atoms with van der Waals surface area (Å²) >= 11 is 0. The van der Waals surface area contributed by atoms with Gasteiger partial charge in [0.1, 0.15) is 0 Å². The second-order valence-corrected chi connectivity index (χ2v) is 10.2. The van der Waals surface area contributed by atoms with Crippen LogP contribution in [0.25, 0.3) is 0 Å². The van der Waals surface area contributed by atoms with E-state index in [0.29, 0.717) is 25.9 Å². The zero-order chi connectivity index (χ0) is 21.4. The zero-order valence-corrected chi connectivity index (χ0v) is 19.1. The van der Waals surface area contributed by atoms with Gasteiger partial charge in [0.25, 0.3) is 0 Å². The molecule has 160 valence electrons. The van der Waals surface area contributed by atoms with E-state index in [9.17, 15) is 9.90 Å². The number of benzene rings is 1. The predicted octanol–water partition coefficient (Wildman–Crippen LogP) is 6.04. The smallest absolute Gasteiger partial charge is 0.306 e. The largest absolute Gasteiger partial charge is 0.466 e. The lowest BCUT2D eigenvalue weighted by Gasteiger charge is -2.43. The van der Waals surface area contributed by atoms with Crippen LogP contribution >= 0.6 is 0 Å². The lowest BCUT2D eigenvalue weighted by molar-refractivity contribution is -0.145. The van der Waals surface area contributed by atoms with E-state index < -0.39 is 6.10 Å². The van der Waals surface area contributed by atoms with Gasteiger partial charge in [-0.05, 0) is 47.5 Å². The van der Waals surface area contributed by atoms with Crippen molar-refractivity contribution >= 4 is 5.97 Å². The number of hydrogen-bond acceptors (Lipinski definition) is 3. The van der Waals surface area contributed by atoms with Gasteiger partial charge in [0, 0.05) is 6.42 Å². The lowest BCUT2D eigenvalue weighted by atomic mass is 9.65. The second kappa shape index (κ2) is 11.0. The van der Waals surface area contributed by atoms with Crippen LogP contribution in [0.4, 0.5) is 0 Å². The van der Waals surface area contributed by atoms with Crippen LogP contribution in [0.1, 0.15) is 79.7 Å². The molecule has 0 bridgehead atoms. The fourth-order valence-electron chi connectivity index (χ4n) is 4.09. The molecule has 3 atom stereocenters. The van der Waals surface area contributed by atoms with Gasteiger partial charge in [0.05, 0.1) is 12.7 Å². The maximum atomic E-state index is 12.1. The van der Waals surface area contributed by atoms with Gasteiger partial charge >= 0.3 is 5.97 Å². The average Bonchev–Trinajstić information content (AvgIpc) is 2.60. The summed E-state index contributed by atoms with van der Waals surface area (Å²) in [6, 6.07) is 10.00. The third kappa shape index (κ3) is 8.34. The molecule has 1 N–H and O–H groups in total. The summed E-state index contributed by atoms with van der Waals surface area (Å²) in [6.07, 6.45) is 3.46. The maximum absolute atomic E-state index is 12.1. The fourth-order valence-corrected chi connectivity index (χ4v) is 4.09. The highest BCUT2D eigenvalue weighted by Crippen LogP contribution is 2.41. The van der Waals surface area contributed by atoms with Crippen LogP contribution in [-0.4, -0.2) is 23.8 Å². The van der Waals surface area contributed by atoms with E-state index in [1.807, 2.05) is 30.3 Å². The molecule has 0 heterocycles. The van der Waals surface area contributed by atoms with Crippen molar-refractivity contribution in [1.82, 2.24) is 0 Å². The summed E-state index contributed by atoms with van der Waals surface area (Å²) in [5, 5.41) is 11.2. The van der Waals surface area contributed by atoms with Gasteiger partial charge < -0.3 is 9.84 Å². The number of carbonyl (C=O) groups excluding carboxylic acids is 1. The molecule has 1 aromatic carbocycles. The molecule has 3 nitrogen and oxygen atoms in total. The van der Waals surface area contributed by atoms with E-state index in [1.54, 1.807) is 0 Å². The van der Waals surface area contributed by atoms with Crippen LogP contribution in [0, 0.1) is 22.7 Å². The average molecular weight is 391 g/mol. The first-order valence-electron chi connectivity index (χ1n) is 10.8. The van der Waals surface area contributed by atoms with Crippen molar-refractivity contribution in [2.75, 3.05) is 6.61 Å². The molecule has 0 saturated carbocycles. The highest BCUT2D eigenvalue weighted by atomic mass is 16.5. The Morgan fingerprint density at radius 3 is 2.00 bits per heavy atom. The summed E-state index contributed by atoms with van der Waals surface area (Å²) in [5.41, 5.74) is 1.15. The summed E-state index contributed by atoms with van der Waals surface area (Å²) in [7, 11) is 0. The fraction of sp³-hybridized carbons (Fsp3) is 0.720. The molecule has 0 aliphatic carbocycles. The molecule has 3 heteroatoms. The first kappa shape index (κ1) is 24.7. The number of carbonyl (C=O) groups is 1. The molecular formula is C25H42O3. The Kier molecular flexibility index (Phi) is 9.69. The Hall–Kier alpha value is -1.35. The highest BCUT2D eigenvalue weighted by molar-refractivity contribution is 5.69. The number of ether oxygens (including phenoxy) is 1. The molecule has 0 spiro atoms. The number of aliphatic hydroxyl groups excluding tert-OH is 1. The van der Waals surface area contributed by atoms with Crippen LogP contribution < -0.4 is 0 Å². The van der Waals surface area contributed by atoms with Crippen molar-refractivity contribution in [2.45, 2.75) is 86.7 Å². The Morgan fingerprint density at radius 2 is 1.50 bits per heavy atom. The van der Waals surface area contributed by atoms with Crippen molar-refractivity contribution in [1.29, 1.82) is 0 Å². The van der Waals surface area contributed by atoms with E-state index in [0.717, 1.165) is 18.4 Å². The molecule has 1 rings (SSSR count). The summed E-state index contributed by atoms with van der Waals surface area (Å²) in [4.78, 5) is 12.1. The van der Waals surface area contributed by atoms with Crippen LogP contribution in [0.5, 0.6) is 0 Å². The second-order valence-electron chi connectivity index (χ2n) is 10.2. The van der Waals surface area contributed by atoms with Crippen molar-refractivity contribution < 1.29 is 14.6 Å². The molecule has 0 amide bonds. The molecule has 0 aromatic heterocycles. The van der Waals surface area contributed by atoms with Gasteiger partial charge in [0.2, 0.25) is 0 Å². The number of rotatable bonds is 10. The lowest BCUT2D eigenvalue weighted by Crippen LogP contribution is -2.43. The van der Waals surface area contributed by atoms with Crippen LogP contribution in [0.15, 0.2) is 30.3 Å². The zero-order valence-electron chi connectivity index (χ0n) is 19.1. The van der Waals surface area contributed by atoms with Gasteiger partial charge in [-0.3, -0.25) is 4.79 Å². The maximum Gasteiger partial charge on any atom is 0.306 e. The molecule has 0 aliphatic rings. The van der Waals surface area contributed by atoms with E-state index >= 15 is 0 Å². The number of aryl methyl sites for hydroxylation is 1. The molecule has 28 heavy (non-hydrogen) atoms. The van der Waals surface area contributed by atoms with E-state index in [1.165, 1.54) is 0 Å². The van der Waals surface area contributed by atoms with Crippen molar-refractivity contribution in [3.05, 3.63) is 35.9 Å². The Bertz CT molecular complexity index is 566. The third-order valence-electron chi connectivity index (χ3n) is 5.80. The number of esters is 1. The SMILES string of the molecule is CCCC(C(O)C(CCOC(=O)CCc1ccccc1)C(C)(C)C)C(C)(C)C. The van der Waals surface area contributed by atoms with E-state index in [4.69, 9.17) is 4.74 Å². The molecule has 0 radical (unpaired) electrons. The number of aliphatic hydroxyl groups is 1. The van der Waals surface area contributed by atoms with Crippen molar-refractivity contribution in [3.8, 4) is 0 Å². The molecule has 3 unspecified atom stereocenters. The van der Waals surface area contributed by atoms with Crippen LogP contribution in [0.3, 0.4) is 0 Å². The third-order valence-corrected chi connectivity index (χ3v) is 5.80. The van der Waals surface area contributed by atoms with E-state index in [-0.39, 0.29) is 28.6 Å². The first-order chi connectivity index (χ1) is 13.0. The van der Waals surface area contributed by atoms with Crippen molar-refractivity contribution in [2.24, 2.45) is 22.7 Å². The Labute approximate surface area is 172 Å². The highest BCUT2D eigenvalue weighted by Gasteiger charge is 2.39. The van der Waals surface area contributed by atoms with E-state index in [2.05, 4.69) is 48.5 Å². The monoisotopic (exact) mass is 390 g/mol. The van der Waals surface area contributed by atoms with Crippen molar-refractivity contribution in [3.63, 3.8) is 0 Å². The van der Waals surface area contributed by atoms with Gasteiger partial charge in [-0.25, -0.2) is 0 Å². The van der Waals surface area contributed by atoms with Crippen LogP contribution in [0.2, 0.25) is 0 Å². The molecule has 0 fully saturated rings. The molecule has 0 aliphatic heterocycles. The summed E-state index contributed by atoms with van der Waals surface area (Å²) in [5.74, 6) is 0.160. The number of hydrogen-bond donors (Lipinski definition) is 1. The Balaban J connectivity index is 2.63. The predicted molar refractivity (Wildman–Crippen MR) is 117 cm³/mol. The standard InChI is InChI=1S/C25H42O3/c1-8-12-20(24(2,3)4)23(27)21(25(5,6)7)17-18-28-22(26)16-15-19-13-10-9-11-14-19/h9-11,13-14,20-21,23,27H,8,12,15-18H2,1-7H3. The molecular weight excluding hydrogens is 348 g/mol. The minimum Gasteiger partial charge on any atom is -0.466 e. The normalized spacial score (nSPS) is 15.7. The van der Waals surface area contributed by atoms with Gasteiger partial charge in [-0.15, -0.1) is 0 Å². The van der Waals surface area contributed by atoms with Gasteiger partial charge in [0.15, 0.2) is 0 Å². The first-order valence-corrected chi connectivity index (χ1v) is 10.8. The summed E-state index contributed by atoms with van der Waals surface area (Å²) in [6.45, 7) is 15.7. The minimum absolute atomic E-state index is 0.0469. The molecule has 1 aromatic rings. The van der Waals surface area contributed by atoms with Crippen LogP contribution in [-0.2, 0) is 16.0 Å². The topological polar surface area (TPSA) is 46.5 Å².